The van der Waals surface area contributed by atoms with Gasteiger partial charge in [-0.15, -0.1) is 0 Å². The molecule has 7 nitrogen and oxygen atoms in total. The van der Waals surface area contributed by atoms with Gasteiger partial charge in [0.05, 0.1) is 16.6 Å². The van der Waals surface area contributed by atoms with Gasteiger partial charge in [-0.2, -0.15) is 0 Å². The Balaban J connectivity index is 1.57. The standard InChI is InChI=1S/C22H24Cl2N4O3/c1-14(20(29)26-17-5-3-4-15(12-17)21(30)25-2)27-8-10-28(11-9-27)22(31)18-7-6-16(23)13-19(18)24/h3-7,12-14H,8-11H2,1-2H3,(H,25,30)(H,26,29). The molecule has 164 valence electrons. The second-order valence-electron chi connectivity index (χ2n) is 7.28. The maximum Gasteiger partial charge on any atom is 0.255 e. The van der Waals surface area contributed by atoms with Gasteiger partial charge in [0.2, 0.25) is 5.91 Å². The van der Waals surface area contributed by atoms with Crippen LogP contribution < -0.4 is 10.6 Å². The average Bonchev–Trinajstić information content (AvgIpc) is 2.78. The molecular weight excluding hydrogens is 439 g/mol. The summed E-state index contributed by atoms with van der Waals surface area (Å²) in [6.45, 7) is 3.92. The van der Waals surface area contributed by atoms with Gasteiger partial charge < -0.3 is 15.5 Å². The normalized spacial score (nSPS) is 15.3. The molecule has 31 heavy (non-hydrogen) atoms. The van der Waals surface area contributed by atoms with E-state index in [0.29, 0.717) is 53.0 Å². The van der Waals surface area contributed by atoms with Crippen molar-refractivity contribution in [1.29, 1.82) is 0 Å². The van der Waals surface area contributed by atoms with Gasteiger partial charge in [0.1, 0.15) is 0 Å². The molecule has 2 aromatic rings. The summed E-state index contributed by atoms with van der Waals surface area (Å²) in [5, 5.41) is 6.22. The maximum atomic E-state index is 12.8. The third-order valence-corrected chi connectivity index (χ3v) is 5.86. The number of carbonyl (C=O) groups is 3. The highest BCUT2D eigenvalue weighted by molar-refractivity contribution is 6.36. The summed E-state index contributed by atoms with van der Waals surface area (Å²) < 4.78 is 0. The van der Waals surface area contributed by atoms with Gasteiger partial charge in [-0.1, -0.05) is 29.3 Å². The second kappa shape index (κ2) is 10.1. The van der Waals surface area contributed by atoms with Crippen molar-refractivity contribution in [1.82, 2.24) is 15.1 Å². The van der Waals surface area contributed by atoms with Gasteiger partial charge in [-0.05, 0) is 43.3 Å². The van der Waals surface area contributed by atoms with Crippen molar-refractivity contribution in [2.45, 2.75) is 13.0 Å². The van der Waals surface area contributed by atoms with Gasteiger partial charge in [0.15, 0.2) is 0 Å². The van der Waals surface area contributed by atoms with E-state index in [0.717, 1.165) is 0 Å². The number of hydrogen-bond acceptors (Lipinski definition) is 4. The van der Waals surface area contributed by atoms with Crippen molar-refractivity contribution in [3.8, 4) is 0 Å². The lowest BCUT2D eigenvalue weighted by atomic mass is 10.1. The van der Waals surface area contributed by atoms with Crippen molar-refractivity contribution in [2.75, 3.05) is 38.5 Å². The summed E-state index contributed by atoms with van der Waals surface area (Å²) in [5.74, 6) is -0.537. The Hall–Kier alpha value is -2.61. The number of benzene rings is 2. The molecule has 0 spiro atoms. The van der Waals surface area contributed by atoms with E-state index in [1.54, 1.807) is 54.4 Å². The molecule has 1 unspecified atom stereocenters. The summed E-state index contributed by atoms with van der Waals surface area (Å²) in [6, 6.07) is 11.2. The van der Waals surface area contributed by atoms with Crippen LogP contribution in [0.25, 0.3) is 0 Å². The minimum Gasteiger partial charge on any atom is -0.355 e. The molecule has 0 saturated carbocycles. The Morgan fingerprint density at radius 3 is 2.35 bits per heavy atom. The van der Waals surface area contributed by atoms with E-state index in [2.05, 4.69) is 10.6 Å². The van der Waals surface area contributed by atoms with Crippen molar-refractivity contribution in [2.24, 2.45) is 0 Å². The molecule has 2 N–H and O–H groups in total. The Labute approximate surface area is 191 Å². The van der Waals surface area contributed by atoms with E-state index >= 15 is 0 Å². The highest BCUT2D eigenvalue weighted by Gasteiger charge is 2.28. The summed E-state index contributed by atoms with van der Waals surface area (Å²) in [4.78, 5) is 41.0. The van der Waals surface area contributed by atoms with Crippen LogP contribution in [0.15, 0.2) is 42.5 Å². The number of anilines is 1. The topological polar surface area (TPSA) is 81.8 Å². The molecule has 0 radical (unpaired) electrons. The van der Waals surface area contributed by atoms with E-state index in [1.807, 2.05) is 11.8 Å². The first kappa shape index (κ1) is 23.1. The zero-order valence-electron chi connectivity index (χ0n) is 17.3. The number of nitrogens with zero attached hydrogens (tertiary/aromatic N) is 2. The van der Waals surface area contributed by atoms with Crippen LogP contribution in [0.4, 0.5) is 5.69 Å². The Bertz CT molecular complexity index is 990. The van der Waals surface area contributed by atoms with Crippen LogP contribution >= 0.6 is 23.2 Å². The number of halogens is 2. The smallest absolute Gasteiger partial charge is 0.255 e. The SMILES string of the molecule is CNC(=O)c1cccc(NC(=O)C(C)N2CCN(C(=O)c3ccc(Cl)cc3Cl)CC2)c1. The lowest BCUT2D eigenvalue weighted by molar-refractivity contribution is -0.121. The molecule has 0 aromatic heterocycles. The lowest BCUT2D eigenvalue weighted by Gasteiger charge is -2.37. The van der Waals surface area contributed by atoms with Gasteiger partial charge in [0, 0.05) is 49.5 Å². The van der Waals surface area contributed by atoms with Gasteiger partial charge in [0.25, 0.3) is 11.8 Å². The maximum absolute atomic E-state index is 12.8. The summed E-state index contributed by atoms with van der Waals surface area (Å²) in [7, 11) is 1.56. The molecule has 9 heteroatoms. The molecule has 0 bridgehead atoms. The van der Waals surface area contributed by atoms with Crippen LogP contribution in [0.2, 0.25) is 10.0 Å². The summed E-state index contributed by atoms with van der Waals surface area (Å²) in [6.07, 6.45) is 0. The zero-order valence-corrected chi connectivity index (χ0v) is 18.8. The number of rotatable bonds is 5. The fraction of sp³-hybridized carbons (Fsp3) is 0.318. The van der Waals surface area contributed by atoms with Crippen molar-refractivity contribution >= 4 is 46.6 Å². The highest BCUT2D eigenvalue weighted by atomic mass is 35.5. The van der Waals surface area contributed by atoms with Crippen LogP contribution in [0.3, 0.4) is 0 Å². The van der Waals surface area contributed by atoms with E-state index in [9.17, 15) is 14.4 Å². The monoisotopic (exact) mass is 462 g/mol. The molecule has 1 saturated heterocycles. The number of nitrogens with one attached hydrogen (secondary N) is 2. The van der Waals surface area contributed by atoms with Gasteiger partial charge in [-0.25, -0.2) is 0 Å². The predicted octanol–water partition coefficient (Wildman–Crippen LogP) is 3.14. The number of amides is 3. The first-order valence-electron chi connectivity index (χ1n) is 9.91. The number of hydrogen-bond donors (Lipinski definition) is 2. The highest BCUT2D eigenvalue weighted by Crippen LogP contribution is 2.23. The van der Waals surface area contributed by atoms with Crippen LogP contribution in [-0.4, -0.2) is 66.8 Å². The fourth-order valence-electron chi connectivity index (χ4n) is 3.44. The molecule has 1 atom stereocenters. The molecule has 1 aliphatic rings. The molecule has 1 fully saturated rings. The summed E-state index contributed by atoms with van der Waals surface area (Å²) in [5.41, 5.74) is 1.45. The molecule has 3 amide bonds. The minimum atomic E-state index is -0.389. The van der Waals surface area contributed by atoms with E-state index in [1.165, 1.54) is 0 Å². The third kappa shape index (κ3) is 5.55. The second-order valence-corrected chi connectivity index (χ2v) is 8.12. The molecule has 1 aliphatic heterocycles. The van der Waals surface area contributed by atoms with Gasteiger partial charge >= 0.3 is 0 Å². The van der Waals surface area contributed by atoms with Crippen LogP contribution in [0.1, 0.15) is 27.6 Å². The Morgan fingerprint density at radius 1 is 1.00 bits per heavy atom. The summed E-state index contributed by atoms with van der Waals surface area (Å²) >= 11 is 12.1. The lowest BCUT2D eigenvalue weighted by Crippen LogP contribution is -2.54. The van der Waals surface area contributed by atoms with Gasteiger partial charge in [-0.3, -0.25) is 19.3 Å². The van der Waals surface area contributed by atoms with Crippen molar-refractivity contribution in [3.05, 3.63) is 63.6 Å². The molecule has 0 aliphatic carbocycles. The van der Waals surface area contributed by atoms with E-state index in [-0.39, 0.29) is 23.8 Å². The number of piperazine rings is 1. The first-order valence-corrected chi connectivity index (χ1v) is 10.7. The molecule has 2 aromatic carbocycles. The molecular formula is C22H24Cl2N4O3. The Kier molecular flexibility index (Phi) is 7.54. The number of carbonyl (C=O) groups excluding carboxylic acids is 3. The third-order valence-electron chi connectivity index (χ3n) is 5.31. The van der Waals surface area contributed by atoms with Crippen LogP contribution in [-0.2, 0) is 4.79 Å². The zero-order chi connectivity index (χ0) is 22.5. The largest absolute Gasteiger partial charge is 0.355 e. The van der Waals surface area contributed by atoms with Crippen LogP contribution in [0.5, 0.6) is 0 Å². The minimum absolute atomic E-state index is 0.149. The van der Waals surface area contributed by atoms with Crippen molar-refractivity contribution < 1.29 is 14.4 Å². The Morgan fingerprint density at radius 2 is 1.71 bits per heavy atom. The van der Waals surface area contributed by atoms with Crippen molar-refractivity contribution in [3.63, 3.8) is 0 Å². The fourth-order valence-corrected chi connectivity index (χ4v) is 3.93. The van der Waals surface area contributed by atoms with E-state index in [4.69, 9.17) is 23.2 Å². The predicted molar refractivity (Wildman–Crippen MR) is 122 cm³/mol. The average molecular weight is 463 g/mol. The van der Waals surface area contributed by atoms with Crippen LogP contribution in [0, 0.1) is 0 Å². The molecule has 1 heterocycles. The van der Waals surface area contributed by atoms with E-state index < -0.39 is 0 Å². The first-order chi connectivity index (χ1) is 14.8. The molecule has 3 rings (SSSR count). The quantitative estimate of drug-likeness (QED) is 0.714.